The lowest BCUT2D eigenvalue weighted by Gasteiger charge is -2.17. The second-order valence-electron chi connectivity index (χ2n) is 2.74. The van der Waals surface area contributed by atoms with Crippen LogP contribution in [0.5, 0.6) is 0 Å². The summed E-state index contributed by atoms with van der Waals surface area (Å²) in [5.41, 5.74) is 0. The number of likely N-dealkylation sites (N-methyl/N-ethyl adjacent to an activating group) is 1. The van der Waals surface area contributed by atoms with E-state index in [1.807, 2.05) is 19.1 Å². The molecule has 0 aliphatic carbocycles. The number of thiophene rings is 1. The van der Waals surface area contributed by atoms with Crippen LogP contribution in [-0.4, -0.2) is 23.9 Å². The van der Waals surface area contributed by atoms with Crippen molar-refractivity contribution in [3.8, 4) is 0 Å². The largest absolute Gasteiger partial charge is 0.335 e. The van der Waals surface area contributed by atoms with Crippen LogP contribution in [-0.2, 0) is 0 Å². The Hall–Kier alpha value is -0.610. The molecule has 0 unspecified atom stereocenters. The highest BCUT2D eigenvalue weighted by Gasteiger charge is 2.14. The van der Waals surface area contributed by atoms with E-state index < -0.39 is 0 Å². The van der Waals surface area contributed by atoms with Crippen molar-refractivity contribution in [2.24, 2.45) is 0 Å². The zero-order valence-electron chi connectivity index (χ0n) is 8.00. The maximum Gasteiger partial charge on any atom is 0.264 e. The van der Waals surface area contributed by atoms with Gasteiger partial charge in [0.15, 0.2) is 0 Å². The number of hydrogen-bond acceptors (Lipinski definition) is 2. The molecule has 0 spiro atoms. The molecule has 0 fully saturated rings. The summed E-state index contributed by atoms with van der Waals surface area (Å²) in [5, 5.41) is 0. The molecule has 0 N–H and O–H groups in total. The molecule has 0 aliphatic heterocycles. The molecule has 0 radical (unpaired) electrons. The molecule has 0 atom stereocenters. The Kier molecular flexibility index (Phi) is 4.35. The predicted octanol–water partition coefficient (Wildman–Crippen LogP) is 3.16. The third-order valence-electron chi connectivity index (χ3n) is 1.80. The molecule has 0 aromatic carbocycles. The van der Waals surface area contributed by atoms with Gasteiger partial charge in [-0.05, 0) is 35.0 Å². The Morgan fingerprint density at radius 1 is 1.71 bits per heavy atom. The van der Waals surface area contributed by atoms with Crippen LogP contribution in [0.3, 0.4) is 0 Å². The van der Waals surface area contributed by atoms with E-state index in [1.54, 1.807) is 11.0 Å². The van der Waals surface area contributed by atoms with Gasteiger partial charge in [0, 0.05) is 13.1 Å². The van der Waals surface area contributed by atoms with Crippen molar-refractivity contribution in [2.45, 2.75) is 6.92 Å². The van der Waals surface area contributed by atoms with Crippen molar-refractivity contribution in [1.82, 2.24) is 4.90 Å². The first kappa shape index (κ1) is 11.5. The van der Waals surface area contributed by atoms with E-state index in [1.165, 1.54) is 11.3 Å². The summed E-state index contributed by atoms with van der Waals surface area (Å²) in [6.45, 7) is 6.90. The normalized spacial score (nSPS) is 9.86. The summed E-state index contributed by atoms with van der Waals surface area (Å²) in [5.74, 6) is 0.0723. The van der Waals surface area contributed by atoms with Gasteiger partial charge < -0.3 is 4.90 Å². The highest BCUT2D eigenvalue weighted by atomic mass is 79.9. The second kappa shape index (κ2) is 5.32. The molecule has 1 aromatic heterocycles. The van der Waals surface area contributed by atoms with E-state index in [0.29, 0.717) is 13.1 Å². The van der Waals surface area contributed by atoms with Crippen molar-refractivity contribution in [2.75, 3.05) is 13.1 Å². The first-order valence-corrected chi connectivity index (χ1v) is 5.95. The van der Waals surface area contributed by atoms with Crippen molar-refractivity contribution in [3.63, 3.8) is 0 Å². The number of rotatable bonds is 4. The Morgan fingerprint density at radius 2 is 2.43 bits per heavy atom. The van der Waals surface area contributed by atoms with Crippen LogP contribution in [0.25, 0.3) is 0 Å². The van der Waals surface area contributed by atoms with Crippen molar-refractivity contribution < 1.29 is 4.79 Å². The van der Waals surface area contributed by atoms with E-state index in [4.69, 9.17) is 0 Å². The molecular formula is C10H12BrNOS. The highest BCUT2D eigenvalue weighted by molar-refractivity contribution is 9.11. The van der Waals surface area contributed by atoms with Crippen LogP contribution in [0.2, 0.25) is 0 Å². The number of carbonyl (C=O) groups is 1. The van der Waals surface area contributed by atoms with Gasteiger partial charge in [-0.15, -0.1) is 17.9 Å². The van der Waals surface area contributed by atoms with Gasteiger partial charge in [0.2, 0.25) is 0 Å². The molecule has 0 saturated heterocycles. The summed E-state index contributed by atoms with van der Waals surface area (Å²) >= 11 is 4.79. The van der Waals surface area contributed by atoms with Gasteiger partial charge in [0.25, 0.3) is 5.91 Å². The minimum absolute atomic E-state index is 0.0723. The van der Waals surface area contributed by atoms with Crippen LogP contribution in [0.4, 0.5) is 0 Å². The standard InChI is InChI=1S/C10H12BrNOS/c1-3-7-12(4-2)10(13)8-5-6-9(11)14-8/h3,5-6H,1,4,7H2,2H3. The molecule has 1 rings (SSSR count). The molecule has 2 nitrogen and oxygen atoms in total. The van der Waals surface area contributed by atoms with Crippen LogP contribution >= 0.6 is 27.3 Å². The third kappa shape index (κ3) is 2.69. The van der Waals surface area contributed by atoms with E-state index in [9.17, 15) is 4.79 Å². The summed E-state index contributed by atoms with van der Waals surface area (Å²) in [7, 11) is 0. The van der Waals surface area contributed by atoms with Crippen LogP contribution in [0, 0.1) is 0 Å². The van der Waals surface area contributed by atoms with Gasteiger partial charge in [-0.25, -0.2) is 0 Å². The van der Waals surface area contributed by atoms with E-state index in [-0.39, 0.29) is 5.91 Å². The molecular weight excluding hydrogens is 262 g/mol. The smallest absolute Gasteiger partial charge is 0.264 e. The van der Waals surface area contributed by atoms with Crippen molar-refractivity contribution >= 4 is 33.2 Å². The van der Waals surface area contributed by atoms with Gasteiger partial charge in [0.1, 0.15) is 0 Å². The number of hydrogen-bond donors (Lipinski definition) is 0. The third-order valence-corrected chi connectivity index (χ3v) is 3.41. The quantitative estimate of drug-likeness (QED) is 0.772. The zero-order chi connectivity index (χ0) is 10.6. The number of nitrogens with zero attached hydrogens (tertiary/aromatic N) is 1. The number of carbonyl (C=O) groups excluding carboxylic acids is 1. The first-order chi connectivity index (χ1) is 6.69. The Labute approximate surface area is 96.4 Å². The minimum Gasteiger partial charge on any atom is -0.335 e. The fourth-order valence-electron chi connectivity index (χ4n) is 1.10. The fourth-order valence-corrected chi connectivity index (χ4v) is 2.45. The fraction of sp³-hybridized carbons (Fsp3) is 0.300. The Bertz CT molecular complexity index is 335. The summed E-state index contributed by atoms with van der Waals surface area (Å²) in [6, 6.07) is 3.72. The topological polar surface area (TPSA) is 20.3 Å². The molecule has 1 aromatic rings. The first-order valence-electron chi connectivity index (χ1n) is 4.34. The summed E-state index contributed by atoms with van der Waals surface area (Å²) in [6.07, 6.45) is 1.74. The van der Waals surface area contributed by atoms with Crippen molar-refractivity contribution in [1.29, 1.82) is 0 Å². The van der Waals surface area contributed by atoms with Crippen molar-refractivity contribution in [3.05, 3.63) is 33.5 Å². The zero-order valence-corrected chi connectivity index (χ0v) is 10.4. The monoisotopic (exact) mass is 273 g/mol. The second-order valence-corrected chi connectivity index (χ2v) is 5.20. The van der Waals surface area contributed by atoms with E-state index in [0.717, 1.165) is 8.66 Å². The van der Waals surface area contributed by atoms with Crippen LogP contribution in [0.15, 0.2) is 28.6 Å². The molecule has 0 saturated carbocycles. The average molecular weight is 274 g/mol. The Morgan fingerprint density at radius 3 is 2.86 bits per heavy atom. The lowest BCUT2D eigenvalue weighted by atomic mass is 10.4. The molecule has 14 heavy (non-hydrogen) atoms. The SMILES string of the molecule is C=CCN(CC)C(=O)c1ccc(Br)s1. The predicted molar refractivity (Wildman–Crippen MR) is 63.8 cm³/mol. The number of halogens is 1. The molecule has 1 heterocycles. The minimum atomic E-state index is 0.0723. The summed E-state index contributed by atoms with van der Waals surface area (Å²) in [4.78, 5) is 14.4. The van der Waals surface area contributed by atoms with E-state index in [2.05, 4.69) is 22.5 Å². The molecule has 0 bridgehead atoms. The van der Waals surface area contributed by atoms with Crippen LogP contribution < -0.4 is 0 Å². The summed E-state index contributed by atoms with van der Waals surface area (Å²) < 4.78 is 0.982. The van der Waals surface area contributed by atoms with Gasteiger partial charge in [0.05, 0.1) is 8.66 Å². The molecule has 4 heteroatoms. The van der Waals surface area contributed by atoms with Gasteiger partial charge in [-0.2, -0.15) is 0 Å². The molecule has 1 amide bonds. The number of amides is 1. The maximum atomic E-state index is 11.8. The maximum absolute atomic E-state index is 11.8. The van der Waals surface area contributed by atoms with Gasteiger partial charge in [-0.3, -0.25) is 4.79 Å². The Balaban J connectivity index is 2.77. The van der Waals surface area contributed by atoms with Crippen LogP contribution in [0.1, 0.15) is 16.6 Å². The highest BCUT2D eigenvalue weighted by Crippen LogP contribution is 2.23. The van der Waals surface area contributed by atoms with Gasteiger partial charge >= 0.3 is 0 Å². The van der Waals surface area contributed by atoms with E-state index >= 15 is 0 Å². The molecule has 76 valence electrons. The molecule has 0 aliphatic rings. The lowest BCUT2D eigenvalue weighted by Crippen LogP contribution is -2.30. The lowest BCUT2D eigenvalue weighted by molar-refractivity contribution is 0.0787. The average Bonchev–Trinajstić information content (AvgIpc) is 2.60. The van der Waals surface area contributed by atoms with Gasteiger partial charge in [-0.1, -0.05) is 6.08 Å².